The van der Waals surface area contributed by atoms with Crippen LogP contribution < -0.4 is 4.74 Å². The summed E-state index contributed by atoms with van der Waals surface area (Å²) in [4.78, 5) is 31.8. The molecule has 4 rings (SSSR count). The molecular formula is C26H26BrN3O4. The largest absolute Gasteiger partial charge is 0.507 e. The summed E-state index contributed by atoms with van der Waals surface area (Å²) in [5, 5.41) is 11.1. The molecular weight excluding hydrogens is 498 g/mol. The van der Waals surface area contributed by atoms with Crippen LogP contribution in [0.3, 0.4) is 0 Å². The van der Waals surface area contributed by atoms with E-state index in [1.54, 1.807) is 41.7 Å². The van der Waals surface area contributed by atoms with Crippen LogP contribution in [-0.2, 0) is 16.1 Å². The third-order valence-corrected chi connectivity index (χ3v) is 6.23. The third kappa shape index (κ3) is 5.07. The maximum Gasteiger partial charge on any atom is 0.295 e. The molecule has 1 amide bonds. The second-order valence-corrected chi connectivity index (χ2v) is 8.99. The van der Waals surface area contributed by atoms with E-state index >= 15 is 0 Å². The van der Waals surface area contributed by atoms with E-state index in [1.807, 2.05) is 42.0 Å². The Bertz CT molecular complexity index is 1170. The number of ether oxygens (including phenoxy) is 1. The molecule has 176 valence electrons. The first-order valence-electron chi connectivity index (χ1n) is 11.2. The van der Waals surface area contributed by atoms with Crippen molar-refractivity contribution in [1.82, 2.24) is 14.5 Å². The highest BCUT2D eigenvalue weighted by atomic mass is 79.9. The number of likely N-dealkylation sites (tertiary alicyclic amines) is 1. The molecule has 1 atom stereocenters. The topological polar surface area (TPSA) is 84.7 Å². The lowest BCUT2D eigenvalue weighted by molar-refractivity contribution is -0.139. The van der Waals surface area contributed by atoms with Crippen molar-refractivity contribution in [2.75, 3.05) is 13.2 Å². The van der Waals surface area contributed by atoms with Crippen molar-refractivity contribution in [3.8, 4) is 5.75 Å². The molecule has 1 saturated heterocycles. The van der Waals surface area contributed by atoms with Gasteiger partial charge < -0.3 is 19.3 Å². The number of amides is 1. The Morgan fingerprint density at radius 3 is 2.47 bits per heavy atom. The molecule has 3 aromatic rings. The molecule has 1 fully saturated rings. The van der Waals surface area contributed by atoms with Crippen molar-refractivity contribution in [3.63, 3.8) is 0 Å². The molecule has 0 spiro atoms. The number of halogens is 1. The van der Waals surface area contributed by atoms with Gasteiger partial charge in [0.1, 0.15) is 11.5 Å². The molecule has 0 bridgehead atoms. The number of hydrogen-bond donors (Lipinski definition) is 1. The number of aliphatic hydroxyl groups excluding tert-OH is 1. The maximum absolute atomic E-state index is 13.1. The van der Waals surface area contributed by atoms with Crippen molar-refractivity contribution in [2.24, 2.45) is 0 Å². The molecule has 2 aromatic carbocycles. The third-order valence-electron chi connectivity index (χ3n) is 5.70. The molecule has 1 aromatic heterocycles. The zero-order valence-corrected chi connectivity index (χ0v) is 20.4. The van der Waals surface area contributed by atoms with Crippen molar-refractivity contribution in [3.05, 3.63) is 88.4 Å². The summed E-state index contributed by atoms with van der Waals surface area (Å²) in [6, 6.07) is 13.7. The van der Waals surface area contributed by atoms with Gasteiger partial charge in [0.2, 0.25) is 0 Å². The van der Waals surface area contributed by atoms with E-state index in [1.165, 1.54) is 0 Å². The highest BCUT2D eigenvalue weighted by Gasteiger charge is 2.45. The van der Waals surface area contributed by atoms with Crippen molar-refractivity contribution < 1.29 is 19.4 Å². The van der Waals surface area contributed by atoms with Gasteiger partial charge in [-0.05, 0) is 42.7 Å². The normalized spacial score (nSPS) is 17.4. The summed E-state index contributed by atoms with van der Waals surface area (Å²) >= 11 is 3.38. The Kier molecular flexibility index (Phi) is 7.47. The summed E-state index contributed by atoms with van der Waals surface area (Å²) in [6.07, 6.45) is 6.80. The van der Waals surface area contributed by atoms with E-state index in [4.69, 9.17) is 4.74 Å². The minimum absolute atomic E-state index is 0.0946. The van der Waals surface area contributed by atoms with Gasteiger partial charge in [-0.3, -0.25) is 9.59 Å². The van der Waals surface area contributed by atoms with Crippen molar-refractivity contribution >= 4 is 33.4 Å². The van der Waals surface area contributed by atoms with Crippen molar-refractivity contribution in [1.29, 1.82) is 0 Å². The molecule has 0 saturated carbocycles. The fraction of sp³-hybridized carbons (Fsp3) is 0.269. The lowest BCUT2D eigenvalue weighted by Crippen LogP contribution is -2.31. The molecule has 0 aliphatic carbocycles. The van der Waals surface area contributed by atoms with Gasteiger partial charge in [0, 0.05) is 35.5 Å². The molecule has 2 heterocycles. The highest BCUT2D eigenvalue weighted by Crippen LogP contribution is 2.40. The Morgan fingerprint density at radius 2 is 1.82 bits per heavy atom. The van der Waals surface area contributed by atoms with E-state index < -0.39 is 17.7 Å². The number of nitrogens with zero attached hydrogens (tertiary/aromatic N) is 3. The van der Waals surface area contributed by atoms with Crippen LogP contribution in [0.5, 0.6) is 5.75 Å². The smallest absolute Gasteiger partial charge is 0.295 e. The number of ketones is 1. The van der Waals surface area contributed by atoms with Gasteiger partial charge >= 0.3 is 0 Å². The van der Waals surface area contributed by atoms with Crippen LogP contribution in [0, 0.1) is 0 Å². The Hall–Kier alpha value is -3.39. The maximum atomic E-state index is 13.1. The molecule has 7 nitrogen and oxygen atoms in total. The zero-order valence-electron chi connectivity index (χ0n) is 18.9. The Balaban J connectivity index is 1.69. The SMILES string of the molecule is CCCOc1ccc(C2C(=C(O)c3ccc(Br)cc3)C(=O)C(=O)N2CCCn2ccnc2)cc1. The van der Waals surface area contributed by atoms with Gasteiger partial charge in [0.05, 0.1) is 24.5 Å². The standard InChI is InChI=1S/C26H26BrN3O4/c1-2-16-34-21-10-6-18(7-11-21)23-22(24(31)19-4-8-20(27)9-5-19)25(32)26(33)30(23)14-3-13-29-15-12-28-17-29/h4-12,15,17,23,31H,2-3,13-14,16H2,1H3. The molecule has 1 unspecified atom stereocenters. The predicted octanol–water partition coefficient (Wildman–Crippen LogP) is 4.95. The lowest BCUT2D eigenvalue weighted by atomic mass is 9.95. The van der Waals surface area contributed by atoms with E-state index in [9.17, 15) is 14.7 Å². The van der Waals surface area contributed by atoms with E-state index in [0.29, 0.717) is 31.7 Å². The molecule has 34 heavy (non-hydrogen) atoms. The summed E-state index contributed by atoms with van der Waals surface area (Å²) in [5.74, 6) is -0.755. The van der Waals surface area contributed by atoms with Gasteiger partial charge in [-0.2, -0.15) is 0 Å². The van der Waals surface area contributed by atoms with Gasteiger partial charge in [-0.15, -0.1) is 0 Å². The molecule has 1 N–H and O–H groups in total. The average Bonchev–Trinajstić information content (AvgIpc) is 3.45. The number of aromatic nitrogens is 2. The first kappa shape index (κ1) is 23.8. The number of hydrogen-bond acceptors (Lipinski definition) is 5. The molecule has 8 heteroatoms. The molecule has 0 radical (unpaired) electrons. The first-order chi connectivity index (χ1) is 16.5. The Labute approximate surface area is 206 Å². The minimum Gasteiger partial charge on any atom is -0.507 e. The number of aryl methyl sites for hydroxylation is 1. The number of aliphatic hydroxyl groups is 1. The average molecular weight is 524 g/mol. The van der Waals surface area contributed by atoms with E-state index in [-0.39, 0.29) is 11.3 Å². The minimum atomic E-state index is -0.688. The summed E-state index contributed by atoms with van der Waals surface area (Å²) in [7, 11) is 0. The molecule has 1 aliphatic heterocycles. The van der Waals surface area contributed by atoms with Crippen LogP contribution in [0.4, 0.5) is 0 Å². The fourth-order valence-electron chi connectivity index (χ4n) is 4.03. The number of rotatable bonds is 9. The van der Waals surface area contributed by atoms with E-state index in [0.717, 1.165) is 22.2 Å². The van der Waals surface area contributed by atoms with Crippen LogP contribution in [0.2, 0.25) is 0 Å². The number of benzene rings is 2. The van der Waals surface area contributed by atoms with Crippen LogP contribution in [0.15, 0.2) is 77.3 Å². The second kappa shape index (κ2) is 10.7. The van der Waals surface area contributed by atoms with Gasteiger partial charge in [0.15, 0.2) is 0 Å². The zero-order chi connectivity index (χ0) is 24.1. The van der Waals surface area contributed by atoms with Crippen LogP contribution in [0.25, 0.3) is 5.76 Å². The summed E-state index contributed by atoms with van der Waals surface area (Å²) in [5.41, 5.74) is 1.31. The van der Waals surface area contributed by atoms with E-state index in [2.05, 4.69) is 20.9 Å². The fourth-order valence-corrected chi connectivity index (χ4v) is 4.29. The number of carbonyl (C=O) groups is 2. The molecule has 1 aliphatic rings. The highest BCUT2D eigenvalue weighted by molar-refractivity contribution is 9.10. The lowest BCUT2D eigenvalue weighted by Gasteiger charge is -2.25. The first-order valence-corrected chi connectivity index (χ1v) is 12.0. The van der Waals surface area contributed by atoms with Crippen molar-refractivity contribution in [2.45, 2.75) is 32.4 Å². The van der Waals surface area contributed by atoms with Crippen LogP contribution >= 0.6 is 15.9 Å². The number of imidazole rings is 1. The summed E-state index contributed by atoms with van der Waals surface area (Å²) in [6.45, 7) is 3.66. The van der Waals surface area contributed by atoms with Crippen LogP contribution in [0.1, 0.15) is 36.9 Å². The van der Waals surface area contributed by atoms with Gasteiger partial charge in [-0.25, -0.2) is 4.98 Å². The summed E-state index contributed by atoms with van der Waals surface area (Å²) < 4.78 is 8.46. The van der Waals surface area contributed by atoms with Gasteiger partial charge in [0.25, 0.3) is 11.7 Å². The monoisotopic (exact) mass is 523 g/mol. The number of Topliss-reactive ketones (excluding diaryl/α,β-unsaturated/α-hetero) is 1. The van der Waals surface area contributed by atoms with Gasteiger partial charge in [-0.1, -0.05) is 47.1 Å². The number of carbonyl (C=O) groups excluding carboxylic acids is 2. The quantitative estimate of drug-likeness (QED) is 0.243. The predicted molar refractivity (Wildman–Crippen MR) is 132 cm³/mol. The van der Waals surface area contributed by atoms with Crippen LogP contribution in [-0.4, -0.2) is 44.4 Å². The Morgan fingerprint density at radius 1 is 1.09 bits per heavy atom. The second-order valence-electron chi connectivity index (χ2n) is 8.07.